The van der Waals surface area contributed by atoms with Crippen LogP contribution >= 0.6 is 11.6 Å². The number of halogens is 1. The molecule has 2 bridgehead atoms. The Bertz CT molecular complexity index is 208. The molecule has 0 unspecified atom stereocenters. The second-order valence-electron chi connectivity index (χ2n) is 3.33. The molecule has 3 heterocycles. The first-order valence-corrected chi connectivity index (χ1v) is 4.60. The number of hydrogen-bond acceptors (Lipinski definition) is 1. The molecule has 0 radical (unpaired) electrons. The number of nitrogens with zero attached hydrogens (tertiary/aromatic N) is 1. The molecule has 3 rings (SSSR count). The van der Waals surface area contributed by atoms with E-state index in [2.05, 4.69) is 10.6 Å². The summed E-state index contributed by atoms with van der Waals surface area (Å²) >= 11 is 5.50. The molecule has 3 saturated heterocycles. The van der Waals surface area contributed by atoms with Crippen LogP contribution in [0, 0.1) is 5.92 Å². The summed E-state index contributed by atoms with van der Waals surface area (Å²) in [6.07, 6.45) is 2.63. The zero-order chi connectivity index (χ0) is 7.68. The molecule has 0 aliphatic carbocycles. The normalized spacial score (nSPS) is 35.2. The van der Waals surface area contributed by atoms with Crippen molar-refractivity contribution in [2.75, 3.05) is 19.6 Å². The SMILES string of the molecule is ClC=C=C1CN2CCC1CC2. The van der Waals surface area contributed by atoms with Gasteiger partial charge in [-0.15, -0.1) is 5.73 Å². The highest BCUT2D eigenvalue weighted by Crippen LogP contribution is 2.30. The van der Waals surface area contributed by atoms with Crippen LogP contribution < -0.4 is 0 Å². The maximum atomic E-state index is 5.50. The molecule has 3 fully saturated rings. The van der Waals surface area contributed by atoms with Crippen LogP contribution in [0.2, 0.25) is 0 Å². The number of fused-ring (bicyclic) bond motifs is 3. The standard InChI is InChI=1S/C9H12ClN/c10-4-1-9-7-11-5-2-8(9)3-6-11/h4,8H,2-3,5-7H2. The summed E-state index contributed by atoms with van der Waals surface area (Å²) in [5, 5.41) is 0. The molecule has 60 valence electrons. The Labute approximate surface area is 72.3 Å². The monoisotopic (exact) mass is 169 g/mol. The third-order valence-corrected chi connectivity index (χ3v) is 2.82. The van der Waals surface area contributed by atoms with Crippen molar-refractivity contribution < 1.29 is 0 Å². The number of hydrogen-bond donors (Lipinski definition) is 0. The minimum Gasteiger partial charge on any atom is -0.299 e. The summed E-state index contributed by atoms with van der Waals surface area (Å²) in [4.78, 5) is 2.47. The zero-order valence-corrected chi connectivity index (χ0v) is 7.27. The van der Waals surface area contributed by atoms with E-state index < -0.39 is 0 Å². The number of rotatable bonds is 0. The van der Waals surface area contributed by atoms with E-state index in [1.54, 1.807) is 0 Å². The van der Waals surface area contributed by atoms with E-state index in [1.807, 2.05) is 0 Å². The van der Waals surface area contributed by atoms with Crippen LogP contribution in [0.25, 0.3) is 0 Å². The summed E-state index contributed by atoms with van der Waals surface area (Å²) in [5.74, 6) is 0.787. The quantitative estimate of drug-likeness (QED) is 0.502. The predicted octanol–water partition coefficient (Wildman–Crippen LogP) is 1.99. The first kappa shape index (κ1) is 7.42. The van der Waals surface area contributed by atoms with Crippen LogP contribution in [0.3, 0.4) is 0 Å². The minimum absolute atomic E-state index is 0.787. The smallest absolute Gasteiger partial charge is 0.0462 e. The van der Waals surface area contributed by atoms with Gasteiger partial charge in [-0.05, 0) is 37.4 Å². The minimum atomic E-state index is 0.787. The Morgan fingerprint density at radius 3 is 2.64 bits per heavy atom. The molecule has 0 N–H and O–H groups in total. The van der Waals surface area contributed by atoms with Crippen molar-refractivity contribution in [3.63, 3.8) is 0 Å². The maximum absolute atomic E-state index is 5.50. The molecule has 0 aromatic carbocycles. The Balaban J connectivity index is 2.21. The topological polar surface area (TPSA) is 3.24 Å². The van der Waals surface area contributed by atoms with Crippen molar-refractivity contribution in [2.45, 2.75) is 12.8 Å². The van der Waals surface area contributed by atoms with Crippen molar-refractivity contribution in [3.05, 3.63) is 16.8 Å². The van der Waals surface area contributed by atoms with Crippen molar-refractivity contribution >= 4 is 11.6 Å². The lowest BCUT2D eigenvalue weighted by atomic mass is 9.84. The van der Waals surface area contributed by atoms with Gasteiger partial charge in [-0.3, -0.25) is 4.90 Å². The van der Waals surface area contributed by atoms with Gasteiger partial charge in [0.25, 0.3) is 0 Å². The van der Waals surface area contributed by atoms with E-state index in [4.69, 9.17) is 11.6 Å². The molecule has 3 aliphatic heterocycles. The Hall–Kier alpha value is -0.230. The van der Waals surface area contributed by atoms with Gasteiger partial charge in [0, 0.05) is 12.1 Å². The fourth-order valence-corrected chi connectivity index (χ4v) is 2.18. The molecule has 11 heavy (non-hydrogen) atoms. The molecule has 3 aliphatic rings. The molecule has 0 atom stereocenters. The summed E-state index contributed by atoms with van der Waals surface area (Å²) in [5.41, 5.74) is 6.07. The van der Waals surface area contributed by atoms with Gasteiger partial charge in [0.05, 0.1) is 0 Å². The predicted molar refractivity (Wildman–Crippen MR) is 46.6 cm³/mol. The molecular formula is C9H12ClN. The number of piperidine rings is 3. The molecule has 0 aromatic rings. The molecule has 0 amide bonds. The largest absolute Gasteiger partial charge is 0.299 e. The molecule has 1 nitrogen and oxygen atoms in total. The fraction of sp³-hybridized carbons (Fsp3) is 0.667. The first-order valence-electron chi connectivity index (χ1n) is 4.16. The van der Waals surface area contributed by atoms with E-state index in [0.717, 1.165) is 12.5 Å². The third-order valence-electron chi connectivity index (χ3n) is 2.71. The van der Waals surface area contributed by atoms with Gasteiger partial charge in [-0.25, -0.2) is 0 Å². The van der Waals surface area contributed by atoms with Crippen molar-refractivity contribution in [2.24, 2.45) is 5.92 Å². The van der Waals surface area contributed by atoms with E-state index in [9.17, 15) is 0 Å². The van der Waals surface area contributed by atoms with E-state index in [-0.39, 0.29) is 0 Å². The van der Waals surface area contributed by atoms with Crippen molar-refractivity contribution in [1.29, 1.82) is 0 Å². The van der Waals surface area contributed by atoms with Gasteiger partial charge in [0.2, 0.25) is 0 Å². The summed E-state index contributed by atoms with van der Waals surface area (Å²) < 4.78 is 0. The second kappa shape index (κ2) is 3.02. The van der Waals surface area contributed by atoms with E-state index >= 15 is 0 Å². The highest BCUT2D eigenvalue weighted by atomic mass is 35.5. The molecule has 0 spiro atoms. The van der Waals surface area contributed by atoms with Crippen LogP contribution in [0.4, 0.5) is 0 Å². The lowest BCUT2D eigenvalue weighted by molar-refractivity contribution is 0.162. The van der Waals surface area contributed by atoms with Gasteiger partial charge in [-0.1, -0.05) is 11.6 Å². The summed E-state index contributed by atoms with van der Waals surface area (Å²) in [6.45, 7) is 3.66. The summed E-state index contributed by atoms with van der Waals surface area (Å²) in [6, 6.07) is 0. The Morgan fingerprint density at radius 1 is 1.45 bits per heavy atom. The average Bonchev–Trinajstić information content (AvgIpc) is 2.07. The van der Waals surface area contributed by atoms with E-state index in [0.29, 0.717) is 0 Å². The highest BCUT2D eigenvalue weighted by Gasteiger charge is 2.28. The van der Waals surface area contributed by atoms with Crippen LogP contribution in [0.1, 0.15) is 12.8 Å². The lowest BCUT2D eigenvalue weighted by Gasteiger charge is -2.39. The molecule has 0 saturated carbocycles. The van der Waals surface area contributed by atoms with Crippen molar-refractivity contribution in [3.8, 4) is 0 Å². The second-order valence-corrected chi connectivity index (χ2v) is 3.55. The zero-order valence-electron chi connectivity index (χ0n) is 6.52. The molecule has 0 aromatic heterocycles. The molecule has 2 heteroatoms. The fourth-order valence-electron chi connectivity index (χ4n) is 2.04. The Kier molecular flexibility index (Phi) is 2.04. The van der Waals surface area contributed by atoms with Crippen molar-refractivity contribution in [1.82, 2.24) is 4.90 Å². The van der Waals surface area contributed by atoms with Gasteiger partial charge in [0.15, 0.2) is 0 Å². The van der Waals surface area contributed by atoms with Crippen LogP contribution in [-0.2, 0) is 0 Å². The van der Waals surface area contributed by atoms with Crippen LogP contribution in [0.5, 0.6) is 0 Å². The van der Waals surface area contributed by atoms with Gasteiger partial charge < -0.3 is 0 Å². The highest BCUT2D eigenvalue weighted by molar-refractivity contribution is 6.25. The summed E-state index contributed by atoms with van der Waals surface area (Å²) in [7, 11) is 0. The lowest BCUT2D eigenvalue weighted by Crippen LogP contribution is -2.42. The van der Waals surface area contributed by atoms with Gasteiger partial charge >= 0.3 is 0 Å². The van der Waals surface area contributed by atoms with Crippen LogP contribution in [0.15, 0.2) is 16.8 Å². The first-order chi connectivity index (χ1) is 5.40. The van der Waals surface area contributed by atoms with E-state index in [1.165, 1.54) is 37.0 Å². The maximum Gasteiger partial charge on any atom is 0.0462 e. The van der Waals surface area contributed by atoms with Gasteiger partial charge in [-0.2, -0.15) is 0 Å². The molecular weight excluding hydrogens is 158 g/mol. The van der Waals surface area contributed by atoms with Crippen LogP contribution in [-0.4, -0.2) is 24.5 Å². The Morgan fingerprint density at radius 2 is 2.18 bits per heavy atom. The third kappa shape index (κ3) is 1.37. The van der Waals surface area contributed by atoms with Gasteiger partial charge in [0.1, 0.15) is 0 Å². The average molecular weight is 170 g/mol.